The molecule has 1 heterocycles. The van der Waals surface area contributed by atoms with Gasteiger partial charge in [-0.15, -0.1) is 10.2 Å². The quantitative estimate of drug-likeness (QED) is 0.358. The van der Waals surface area contributed by atoms with Crippen LogP contribution in [0.4, 0.5) is 0 Å². The zero-order valence-corrected chi connectivity index (χ0v) is 16.1. The smallest absolute Gasteiger partial charge is 0.329 e. The highest BCUT2D eigenvalue weighted by atomic mass is 32.2. The molecule has 27 heavy (non-hydrogen) atoms. The average molecular weight is 415 g/mol. The number of aromatic nitrogens is 3. The van der Waals surface area contributed by atoms with Crippen molar-refractivity contribution in [2.75, 3.05) is 12.0 Å². The number of aromatic amines is 1. The molecule has 1 amide bonds. The van der Waals surface area contributed by atoms with Crippen LogP contribution in [0.5, 0.6) is 0 Å². The number of nitrogens with zero attached hydrogens (tertiary/aromatic N) is 2. The second-order valence-electron chi connectivity index (χ2n) is 6.78. The molecule has 1 aromatic rings. The molecule has 6 atom stereocenters. The van der Waals surface area contributed by atoms with Gasteiger partial charge < -0.3 is 26.2 Å². The Morgan fingerprint density at radius 2 is 2.22 bits per heavy atom. The van der Waals surface area contributed by atoms with Gasteiger partial charge in [-0.2, -0.15) is 11.8 Å². The van der Waals surface area contributed by atoms with Crippen LogP contribution in [0.25, 0.3) is 0 Å². The van der Waals surface area contributed by atoms with E-state index in [4.69, 9.17) is 5.73 Å². The summed E-state index contributed by atoms with van der Waals surface area (Å²) in [7, 11) is 0. The Kier molecular flexibility index (Phi) is 5.68. The predicted octanol–water partition coefficient (Wildman–Crippen LogP) is -0.364. The molecule has 12 heteroatoms. The van der Waals surface area contributed by atoms with Gasteiger partial charge in [-0.25, -0.2) is 4.79 Å². The van der Waals surface area contributed by atoms with Crippen LogP contribution in [0.15, 0.2) is 11.5 Å². The van der Waals surface area contributed by atoms with E-state index in [0.29, 0.717) is 17.3 Å². The third kappa shape index (κ3) is 3.65. The number of H-pyrrole nitrogens is 1. The first-order chi connectivity index (χ1) is 12.8. The van der Waals surface area contributed by atoms with E-state index in [0.717, 1.165) is 0 Å². The summed E-state index contributed by atoms with van der Waals surface area (Å²) >= 11 is 2.79. The summed E-state index contributed by atoms with van der Waals surface area (Å²) < 4.78 is 0. The SMILES string of the molecule is CSCC[C@H](N)C(=O)N[C@@]1(C(=O)O)C[C@H](Sc2nnc[nH]2)[C@H]2[C@H](C(=O)O)[C@H]21. The van der Waals surface area contributed by atoms with Crippen molar-refractivity contribution < 1.29 is 24.6 Å². The molecule has 0 radical (unpaired) electrons. The largest absolute Gasteiger partial charge is 0.481 e. The molecule has 0 aromatic carbocycles. The number of carboxylic acids is 2. The first kappa shape index (κ1) is 20.0. The lowest BCUT2D eigenvalue weighted by molar-refractivity contribution is -0.150. The van der Waals surface area contributed by atoms with Crippen LogP contribution in [0, 0.1) is 17.8 Å². The molecule has 10 nitrogen and oxygen atoms in total. The standard InChI is InChI=1S/C15H21N5O5S2/c1-26-3-2-6(16)11(21)19-15(13(24)25)4-7(27-14-17-5-18-20-14)8-9(10(8)15)12(22)23/h5-10H,2-4,16H2,1H3,(H,19,21)(H,22,23)(H,24,25)(H,17,18,20)/t6-,7-,8-,9-,10-,15-/m0/s1. The van der Waals surface area contributed by atoms with E-state index >= 15 is 0 Å². The highest BCUT2D eigenvalue weighted by Gasteiger charge is 2.75. The minimum atomic E-state index is -1.64. The number of rotatable bonds is 9. The molecule has 0 saturated heterocycles. The Morgan fingerprint density at radius 1 is 1.48 bits per heavy atom. The second kappa shape index (κ2) is 7.68. The Bertz CT molecular complexity index is 732. The van der Waals surface area contributed by atoms with Crippen molar-refractivity contribution >= 4 is 41.4 Å². The minimum Gasteiger partial charge on any atom is -0.481 e. The van der Waals surface area contributed by atoms with Gasteiger partial charge in [0.1, 0.15) is 11.9 Å². The van der Waals surface area contributed by atoms with E-state index in [9.17, 15) is 24.6 Å². The van der Waals surface area contributed by atoms with Crippen molar-refractivity contribution in [1.29, 1.82) is 0 Å². The predicted molar refractivity (Wildman–Crippen MR) is 98.2 cm³/mol. The third-order valence-electron chi connectivity index (χ3n) is 5.24. The first-order valence-corrected chi connectivity index (χ1v) is 10.6. The van der Waals surface area contributed by atoms with E-state index in [1.165, 1.54) is 29.9 Å². The Labute approximate surface area is 163 Å². The van der Waals surface area contributed by atoms with Gasteiger partial charge in [0.25, 0.3) is 0 Å². The number of carboxylic acid groups (broad SMARTS) is 2. The highest BCUT2D eigenvalue weighted by Crippen LogP contribution is 2.65. The summed E-state index contributed by atoms with van der Waals surface area (Å²) in [6.07, 6.45) is 3.80. The van der Waals surface area contributed by atoms with Gasteiger partial charge in [-0.3, -0.25) is 9.59 Å². The zero-order chi connectivity index (χ0) is 19.8. The van der Waals surface area contributed by atoms with Crippen LogP contribution in [-0.4, -0.2) is 72.1 Å². The lowest BCUT2D eigenvalue weighted by atomic mass is 9.89. The minimum absolute atomic E-state index is 0.105. The van der Waals surface area contributed by atoms with Crippen LogP contribution in [0.3, 0.4) is 0 Å². The fraction of sp³-hybridized carbons (Fsp3) is 0.667. The lowest BCUT2D eigenvalue weighted by Gasteiger charge is -2.31. The van der Waals surface area contributed by atoms with Gasteiger partial charge in [0.05, 0.1) is 12.0 Å². The number of nitrogens with one attached hydrogen (secondary N) is 2. The van der Waals surface area contributed by atoms with Crippen LogP contribution in [0.1, 0.15) is 12.8 Å². The average Bonchev–Trinajstić information content (AvgIpc) is 3.02. The van der Waals surface area contributed by atoms with E-state index in [-0.39, 0.29) is 17.6 Å². The van der Waals surface area contributed by atoms with Crippen LogP contribution < -0.4 is 11.1 Å². The fourth-order valence-electron chi connectivity index (χ4n) is 3.96. The van der Waals surface area contributed by atoms with E-state index in [2.05, 4.69) is 20.5 Å². The topological polar surface area (TPSA) is 171 Å². The fourth-order valence-corrected chi connectivity index (χ4v) is 5.79. The molecule has 6 N–H and O–H groups in total. The zero-order valence-electron chi connectivity index (χ0n) is 14.5. The molecule has 148 valence electrons. The number of nitrogens with two attached hydrogens (primary N) is 1. The van der Waals surface area contributed by atoms with Gasteiger partial charge >= 0.3 is 11.9 Å². The summed E-state index contributed by atoms with van der Waals surface area (Å²) in [5.74, 6) is -4.04. The normalized spacial score (nSPS) is 32.5. The molecule has 0 spiro atoms. The van der Waals surface area contributed by atoms with E-state index in [1.54, 1.807) is 0 Å². The number of carbonyl (C=O) groups is 3. The molecule has 2 aliphatic carbocycles. The summed E-state index contributed by atoms with van der Waals surface area (Å²) in [5, 5.41) is 29.7. The number of aliphatic carboxylic acids is 2. The van der Waals surface area contributed by atoms with E-state index in [1.807, 2.05) is 6.26 Å². The first-order valence-electron chi connectivity index (χ1n) is 8.37. The molecular weight excluding hydrogens is 394 g/mol. The van der Waals surface area contributed by atoms with E-state index < -0.39 is 41.3 Å². The van der Waals surface area contributed by atoms with Crippen molar-refractivity contribution in [2.45, 2.75) is 34.8 Å². The monoisotopic (exact) mass is 415 g/mol. The molecule has 3 rings (SSSR count). The molecule has 0 aliphatic heterocycles. The number of thioether (sulfide) groups is 2. The Hall–Kier alpha value is -1.79. The van der Waals surface area contributed by atoms with Crippen molar-refractivity contribution in [3.05, 3.63) is 6.33 Å². The van der Waals surface area contributed by atoms with Crippen molar-refractivity contribution in [1.82, 2.24) is 20.5 Å². The van der Waals surface area contributed by atoms with Gasteiger partial charge in [0, 0.05) is 11.2 Å². The number of fused-ring (bicyclic) bond motifs is 1. The molecule has 2 aliphatic rings. The molecule has 0 bridgehead atoms. The molecule has 2 fully saturated rings. The van der Waals surface area contributed by atoms with Gasteiger partial charge in [-0.05, 0) is 30.8 Å². The third-order valence-corrected chi connectivity index (χ3v) is 7.09. The molecular formula is C15H21N5O5S2. The summed E-state index contributed by atoms with van der Waals surface area (Å²) in [6.45, 7) is 0. The van der Waals surface area contributed by atoms with Crippen LogP contribution in [0.2, 0.25) is 0 Å². The Morgan fingerprint density at radius 3 is 2.78 bits per heavy atom. The summed E-state index contributed by atoms with van der Waals surface area (Å²) in [4.78, 5) is 39.1. The molecule has 1 aromatic heterocycles. The van der Waals surface area contributed by atoms with Gasteiger partial charge in [0.2, 0.25) is 5.91 Å². The summed E-state index contributed by atoms with van der Waals surface area (Å²) in [6, 6.07) is -0.838. The molecule has 0 unspecified atom stereocenters. The van der Waals surface area contributed by atoms with Crippen molar-refractivity contribution in [3.63, 3.8) is 0 Å². The second-order valence-corrected chi connectivity index (χ2v) is 8.99. The van der Waals surface area contributed by atoms with Crippen molar-refractivity contribution in [2.24, 2.45) is 23.5 Å². The number of hydrogen-bond donors (Lipinski definition) is 5. The Balaban J connectivity index is 1.82. The maximum Gasteiger partial charge on any atom is 0.329 e. The number of carbonyl (C=O) groups excluding carboxylic acids is 1. The summed E-state index contributed by atoms with van der Waals surface area (Å²) in [5.41, 5.74) is 4.24. The number of amides is 1. The highest BCUT2D eigenvalue weighted by molar-refractivity contribution is 7.99. The molecule has 2 saturated carbocycles. The van der Waals surface area contributed by atoms with Crippen LogP contribution in [-0.2, 0) is 14.4 Å². The number of hydrogen-bond acceptors (Lipinski definition) is 8. The van der Waals surface area contributed by atoms with Gasteiger partial charge in [0.15, 0.2) is 5.16 Å². The van der Waals surface area contributed by atoms with Gasteiger partial charge in [-0.1, -0.05) is 11.8 Å². The van der Waals surface area contributed by atoms with Crippen molar-refractivity contribution in [3.8, 4) is 0 Å². The maximum absolute atomic E-state index is 12.5. The maximum atomic E-state index is 12.5. The lowest BCUT2D eigenvalue weighted by Crippen LogP contribution is -2.59. The van der Waals surface area contributed by atoms with Crippen LogP contribution >= 0.6 is 23.5 Å².